The fourth-order valence-corrected chi connectivity index (χ4v) is 1.40. The highest BCUT2D eigenvalue weighted by Gasteiger charge is 1.99. The lowest BCUT2D eigenvalue weighted by Crippen LogP contribution is -2.35. The molecule has 0 aromatic carbocycles. The number of rotatable bonds is 5. The molecule has 1 rings (SSSR count). The van der Waals surface area contributed by atoms with E-state index in [9.17, 15) is 0 Å². The van der Waals surface area contributed by atoms with Crippen molar-refractivity contribution >= 4 is 11.8 Å². The lowest BCUT2D eigenvalue weighted by molar-refractivity contribution is 0.639. The van der Waals surface area contributed by atoms with Crippen LogP contribution in [0.3, 0.4) is 0 Å². The van der Waals surface area contributed by atoms with Crippen LogP contribution in [0.25, 0.3) is 0 Å². The van der Waals surface area contributed by atoms with Gasteiger partial charge in [0, 0.05) is 43.8 Å². The monoisotopic (exact) mass is 187 g/mol. The minimum atomic E-state index is 0.952. The first-order valence-electron chi connectivity index (χ1n) is 4.29. The Kier molecular flexibility index (Phi) is 5.03. The van der Waals surface area contributed by atoms with Gasteiger partial charge >= 0.3 is 0 Å². The molecule has 1 aliphatic heterocycles. The van der Waals surface area contributed by atoms with Gasteiger partial charge in [-0.05, 0) is 6.26 Å². The van der Waals surface area contributed by atoms with E-state index in [1.807, 2.05) is 11.8 Å². The highest BCUT2D eigenvalue weighted by Crippen LogP contribution is 1.90. The number of thioether (sulfide) groups is 1. The molecule has 0 radical (unpaired) electrons. The summed E-state index contributed by atoms with van der Waals surface area (Å²) in [5, 5.41) is 9.90. The Hall–Kier alpha value is -0.350. The topological polar surface area (TPSA) is 36.1 Å². The number of hydrogen-bond donors (Lipinski definition) is 3. The van der Waals surface area contributed by atoms with Crippen molar-refractivity contribution in [3.05, 3.63) is 11.9 Å². The average Bonchev–Trinajstić information content (AvgIpc) is 2.14. The molecular weight excluding hydrogens is 170 g/mol. The molecule has 70 valence electrons. The van der Waals surface area contributed by atoms with Gasteiger partial charge in [0.2, 0.25) is 0 Å². The van der Waals surface area contributed by atoms with Gasteiger partial charge in [-0.2, -0.15) is 11.8 Å². The van der Waals surface area contributed by atoms with Crippen molar-refractivity contribution in [3.8, 4) is 0 Å². The SMILES string of the molecule is CSCCNCC1=CNCCN1. The van der Waals surface area contributed by atoms with Gasteiger partial charge in [0.25, 0.3) is 0 Å². The van der Waals surface area contributed by atoms with E-state index >= 15 is 0 Å². The Morgan fingerprint density at radius 3 is 3.17 bits per heavy atom. The van der Waals surface area contributed by atoms with Crippen LogP contribution in [0.2, 0.25) is 0 Å². The molecule has 0 bridgehead atoms. The van der Waals surface area contributed by atoms with E-state index in [1.54, 1.807) is 0 Å². The third kappa shape index (κ3) is 3.88. The zero-order chi connectivity index (χ0) is 8.65. The molecule has 1 aliphatic rings. The predicted molar refractivity (Wildman–Crippen MR) is 55.3 cm³/mol. The normalized spacial score (nSPS) is 16.2. The average molecular weight is 187 g/mol. The summed E-state index contributed by atoms with van der Waals surface area (Å²) in [5.41, 5.74) is 1.27. The van der Waals surface area contributed by atoms with Crippen molar-refractivity contribution in [1.29, 1.82) is 0 Å². The van der Waals surface area contributed by atoms with Crippen LogP contribution in [0.15, 0.2) is 11.9 Å². The first kappa shape index (κ1) is 9.74. The van der Waals surface area contributed by atoms with Crippen molar-refractivity contribution in [3.63, 3.8) is 0 Å². The van der Waals surface area contributed by atoms with Crippen LogP contribution in [-0.4, -0.2) is 38.2 Å². The summed E-state index contributed by atoms with van der Waals surface area (Å²) >= 11 is 1.87. The van der Waals surface area contributed by atoms with Crippen LogP contribution in [0.1, 0.15) is 0 Å². The molecule has 12 heavy (non-hydrogen) atoms. The summed E-state index contributed by atoms with van der Waals surface area (Å²) in [6.07, 6.45) is 4.18. The molecule has 0 fully saturated rings. The third-order valence-corrected chi connectivity index (χ3v) is 2.31. The van der Waals surface area contributed by atoms with E-state index in [0.29, 0.717) is 0 Å². The van der Waals surface area contributed by atoms with Gasteiger partial charge in [-0.3, -0.25) is 0 Å². The minimum Gasteiger partial charge on any atom is -0.388 e. The van der Waals surface area contributed by atoms with Crippen molar-refractivity contribution < 1.29 is 0 Å². The molecule has 1 heterocycles. The standard InChI is InChI=1S/C8H17N3S/c1-12-5-4-10-7-8-6-9-2-3-11-8/h6,9-11H,2-5,7H2,1H3. The summed E-state index contributed by atoms with van der Waals surface area (Å²) < 4.78 is 0. The number of nitrogens with one attached hydrogen (secondary N) is 3. The van der Waals surface area contributed by atoms with Crippen molar-refractivity contribution in [2.24, 2.45) is 0 Å². The Morgan fingerprint density at radius 2 is 2.50 bits per heavy atom. The summed E-state index contributed by atoms with van der Waals surface area (Å²) in [6.45, 7) is 4.11. The molecule has 0 amide bonds. The van der Waals surface area contributed by atoms with E-state index in [0.717, 1.165) is 26.2 Å². The summed E-state index contributed by atoms with van der Waals surface area (Å²) in [4.78, 5) is 0. The molecule has 4 heteroatoms. The number of hydrogen-bond acceptors (Lipinski definition) is 4. The quantitative estimate of drug-likeness (QED) is 0.528. The van der Waals surface area contributed by atoms with Crippen LogP contribution < -0.4 is 16.0 Å². The lowest BCUT2D eigenvalue weighted by atomic mass is 10.4. The van der Waals surface area contributed by atoms with Crippen LogP contribution in [0, 0.1) is 0 Å². The van der Waals surface area contributed by atoms with E-state index < -0.39 is 0 Å². The largest absolute Gasteiger partial charge is 0.388 e. The minimum absolute atomic E-state index is 0.952. The van der Waals surface area contributed by atoms with E-state index in [1.165, 1.54) is 11.4 Å². The van der Waals surface area contributed by atoms with E-state index in [2.05, 4.69) is 28.4 Å². The van der Waals surface area contributed by atoms with Crippen molar-refractivity contribution in [2.75, 3.05) is 38.2 Å². The maximum atomic E-state index is 3.36. The second-order valence-corrected chi connectivity index (χ2v) is 3.71. The Balaban J connectivity index is 2.01. The van der Waals surface area contributed by atoms with Gasteiger partial charge in [-0.15, -0.1) is 0 Å². The first-order valence-corrected chi connectivity index (χ1v) is 5.69. The second-order valence-electron chi connectivity index (χ2n) is 2.72. The van der Waals surface area contributed by atoms with Crippen molar-refractivity contribution in [2.45, 2.75) is 0 Å². The van der Waals surface area contributed by atoms with Crippen molar-refractivity contribution in [1.82, 2.24) is 16.0 Å². The van der Waals surface area contributed by atoms with Gasteiger partial charge in [0.05, 0.1) is 0 Å². The molecule has 0 aromatic rings. The predicted octanol–water partition coefficient (Wildman–Crippen LogP) is -0.0268. The highest BCUT2D eigenvalue weighted by atomic mass is 32.2. The lowest BCUT2D eigenvalue weighted by Gasteiger charge is -2.17. The van der Waals surface area contributed by atoms with Gasteiger partial charge in [0.1, 0.15) is 0 Å². The fraction of sp³-hybridized carbons (Fsp3) is 0.750. The molecule has 3 nitrogen and oxygen atoms in total. The first-order chi connectivity index (χ1) is 5.93. The maximum absolute atomic E-state index is 3.36. The Morgan fingerprint density at radius 1 is 1.58 bits per heavy atom. The highest BCUT2D eigenvalue weighted by molar-refractivity contribution is 7.98. The Bertz CT molecular complexity index is 147. The van der Waals surface area contributed by atoms with Gasteiger partial charge in [-0.25, -0.2) is 0 Å². The van der Waals surface area contributed by atoms with Gasteiger partial charge < -0.3 is 16.0 Å². The fourth-order valence-electron chi connectivity index (χ4n) is 1.05. The van der Waals surface area contributed by atoms with Crippen LogP contribution in [-0.2, 0) is 0 Å². The maximum Gasteiger partial charge on any atom is 0.0407 e. The van der Waals surface area contributed by atoms with E-state index in [-0.39, 0.29) is 0 Å². The molecule has 0 saturated carbocycles. The Labute approximate surface area is 78.4 Å². The summed E-state index contributed by atoms with van der Waals surface area (Å²) in [7, 11) is 0. The molecule has 0 saturated heterocycles. The third-order valence-electron chi connectivity index (χ3n) is 1.70. The summed E-state index contributed by atoms with van der Waals surface area (Å²) in [6, 6.07) is 0. The molecule has 0 aliphatic carbocycles. The van der Waals surface area contributed by atoms with Gasteiger partial charge in [0.15, 0.2) is 0 Å². The zero-order valence-electron chi connectivity index (χ0n) is 7.52. The molecule has 0 spiro atoms. The molecule has 0 unspecified atom stereocenters. The summed E-state index contributed by atoms with van der Waals surface area (Å²) in [5.74, 6) is 1.18. The van der Waals surface area contributed by atoms with Crippen LogP contribution in [0.4, 0.5) is 0 Å². The van der Waals surface area contributed by atoms with Crippen LogP contribution >= 0.6 is 11.8 Å². The van der Waals surface area contributed by atoms with Crippen LogP contribution in [0.5, 0.6) is 0 Å². The molecular formula is C8H17N3S. The second kappa shape index (κ2) is 6.20. The van der Waals surface area contributed by atoms with Gasteiger partial charge in [-0.1, -0.05) is 0 Å². The molecule has 0 atom stereocenters. The zero-order valence-corrected chi connectivity index (χ0v) is 8.34. The smallest absolute Gasteiger partial charge is 0.0407 e. The van der Waals surface area contributed by atoms with E-state index in [4.69, 9.17) is 0 Å². The molecule has 3 N–H and O–H groups in total. The molecule has 0 aromatic heterocycles.